The number of aliphatic hydroxyl groups excluding tert-OH is 8. The van der Waals surface area contributed by atoms with Gasteiger partial charge in [-0.1, -0.05) is 26.7 Å². The van der Waals surface area contributed by atoms with Gasteiger partial charge < -0.3 is 70.5 Å². The molecule has 0 saturated heterocycles. The van der Waals surface area contributed by atoms with Gasteiger partial charge in [0.15, 0.2) is 23.1 Å². The number of rotatable bonds is 12. The minimum atomic E-state index is -0.930. The van der Waals surface area contributed by atoms with Crippen molar-refractivity contribution in [3.63, 3.8) is 0 Å². The molecule has 11 N–H and O–H groups in total. The first kappa shape index (κ1) is 56.7. The number of aryl methyl sites for hydroxylation is 3. The third-order valence-electron chi connectivity index (χ3n) is 24.5. The Morgan fingerprint density at radius 1 is 0.494 bits per heavy atom. The summed E-state index contributed by atoms with van der Waals surface area (Å²) in [7, 11) is 0. The van der Waals surface area contributed by atoms with Crippen LogP contribution in [0.15, 0.2) is 31.1 Å². The third kappa shape index (κ3) is 8.52. The molecule has 458 valence electrons. The van der Waals surface area contributed by atoms with E-state index in [4.69, 9.17) is 21.6 Å². The molecule has 6 bridgehead atoms. The molecule has 0 aromatic carbocycles. The normalized spacial score (nSPS) is 43.1. The van der Waals surface area contributed by atoms with Gasteiger partial charge in [-0.25, -0.2) is 34.9 Å². The SMILES string of the molecule is C.Cc1cc2c(ncn2[C@@H]2C3C[C@@]3(CCl)C(O)[C@H]2O)c(NC2CC3CCC2C3)n1.Cc1cc2c(ncn2[C@@H]2C3C[C@@]3(CO)C(O)[C@H]2O)c(NC2CC3CCC2C3)n1.Cc1nc(NC2CC3CCC2C3)c2ncn([C@@H]3C4C[C@@]4(CO)C(O)[C@H]3O)c2n1. The van der Waals surface area contributed by atoms with E-state index in [0.29, 0.717) is 41.9 Å². The second kappa shape index (κ2) is 20.3. The molecule has 22 heteroatoms. The molecule has 0 radical (unpaired) electrons. The first-order valence-corrected chi connectivity index (χ1v) is 32.1. The van der Waals surface area contributed by atoms with Gasteiger partial charge >= 0.3 is 0 Å². The lowest BCUT2D eigenvalue weighted by Gasteiger charge is -2.25. The van der Waals surface area contributed by atoms with Crippen molar-refractivity contribution in [1.29, 1.82) is 0 Å². The topological polar surface area (TPSA) is 303 Å². The Hall–Kier alpha value is -4.84. The monoisotopic (exact) mass is 1190 g/mol. The number of aliphatic hydroxyl groups is 8. The Kier molecular flexibility index (Phi) is 13.6. The van der Waals surface area contributed by atoms with Crippen molar-refractivity contribution in [1.82, 2.24) is 48.6 Å². The van der Waals surface area contributed by atoms with E-state index in [2.05, 4.69) is 45.4 Å². The highest BCUT2D eigenvalue weighted by Crippen LogP contribution is 2.70. The van der Waals surface area contributed by atoms with Crippen LogP contribution >= 0.6 is 11.6 Å². The predicted octanol–water partition coefficient (Wildman–Crippen LogP) is 6.12. The van der Waals surface area contributed by atoms with Gasteiger partial charge in [0.25, 0.3) is 0 Å². The number of imidazole rings is 3. The van der Waals surface area contributed by atoms with E-state index in [1.807, 2.05) is 42.0 Å². The first-order valence-electron chi connectivity index (χ1n) is 31.6. The molecule has 0 amide bonds. The van der Waals surface area contributed by atoms with Crippen LogP contribution in [0.4, 0.5) is 17.5 Å². The molecule has 0 aliphatic heterocycles. The lowest BCUT2D eigenvalue weighted by molar-refractivity contribution is -0.0300. The van der Waals surface area contributed by atoms with Gasteiger partial charge in [0.05, 0.1) is 79.7 Å². The zero-order chi connectivity index (χ0) is 57.6. The average molecular weight is 1190 g/mol. The van der Waals surface area contributed by atoms with Gasteiger partial charge in [0, 0.05) is 51.6 Å². The van der Waals surface area contributed by atoms with Gasteiger partial charge in [-0.2, -0.15) is 0 Å². The third-order valence-corrected chi connectivity index (χ3v) is 25.0. The van der Waals surface area contributed by atoms with Crippen LogP contribution in [0.3, 0.4) is 0 Å². The van der Waals surface area contributed by atoms with Gasteiger partial charge in [0.1, 0.15) is 40.7 Å². The molecule has 15 unspecified atom stereocenters. The van der Waals surface area contributed by atoms with Crippen LogP contribution in [0.25, 0.3) is 33.2 Å². The maximum Gasteiger partial charge on any atom is 0.166 e. The molecule has 24 atom stereocenters. The summed E-state index contributed by atoms with van der Waals surface area (Å²) >= 11 is 6.16. The summed E-state index contributed by atoms with van der Waals surface area (Å²) in [5, 5.41) is 94.1. The molecule has 6 aromatic heterocycles. The number of halogens is 1. The van der Waals surface area contributed by atoms with Crippen molar-refractivity contribution in [2.75, 3.05) is 35.0 Å². The van der Waals surface area contributed by atoms with Crippen molar-refractivity contribution >= 4 is 62.3 Å². The van der Waals surface area contributed by atoms with E-state index in [1.165, 1.54) is 77.0 Å². The maximum atomic E-state index is 10.7. The van der Waals surface area contributed by atoms with Crippen LogP contribution < -0.4 is 16.0 Å². The molecular weight excluding hydrogens is 1100 g/mol. The van der Waals surface area contributed by atoms with Crippen LogP contribution in [0.5, 0.6) is 0 Å². The van der Waals surface area contributed by atoms with E-state index < -0.39 is 47.5 Å². The van der Waals surface area contributed by atoms with Crippen LogP contribution in [0.2, 0.25) is 0 Å². The molecule has 85 heavy (non-hydrogen) atoms. The number of anilines is 3. The summed E-state index contributed by atoms with van der Waals surface area (Å²) in [5.41, 5.74) is 5.41. The fourth-order valence-corrected chi connectivity index (χ4v) is 20.2. The maximum absolute atomic E-state index is 10.7. The fourth-order valence-electron chi connectivity index (χ4n) is 19.7. The molecule has 6 heterocycles. The van der Waals surface area contributed by atoms with Crippen LogP contribution in [0, 0.1) is 90.3 Å². The Labute approximate surface area is 499 Å². The lowest BCUT2D eigenvalue weighted by atomic mass is 9.95. The van der Waals surface area contributed by atoms with Crippen molar-refractivity contribution in [2.24, 2.45) is 69.5 Å². The van der Waals surface area contributed by atoms with Gasteiger partial charge in [0.2, 0.25) is 0 Å². The number of hydrogen-bond acceptors (Lipinski definition) is 18. The highest BCUT2D eigenvalue weighted by molar-refractivity contribution is 6.18. The van der Waals surface area contributed by atoms with Gasteiger partial charge in [-0.05, 0) is 163 Å². The molecule has 12 aliphatic rings. The van der Waals surface area contributed by atoms with Crippen molar-refractivity contribution in [3.8, 4) is 0 Å². The summed E-state index contributed by atoms with van der Waals surface area (Å²) in [6.45, 7) is 5.67. The zero-order valence-corrected chi connectivity index (χ0v) is 48.9. The Morgan fingerprint density at radius 3 is 1.25 bits per heavy atom. The van der Waals surface area contributed by atoms with Crippen molar-refractivity contribution in [2.45, 2.75) is 197 Å². The second-order valence-electron chi connectivity index (χ2n) is 28.8. The largest absolute Gasteiger partial charge is 0.396 e. The number of aromatic nitrogens is 10. The van der Waals surface area contributed by atoms with Crippen molar-refractivity contribution < 1.29 is 40.9 Å². The van der Waals surface area contributed by atoms with Crippen LogP contribution in [-0.4, -0.2) is 163 Å². The van der Waals surface area contributed by atoms with Crippen LogP contribution in [0.1, 0.15) is 139 Å². The number of alkyl halides is 1. The number of fused-ring (bicyclic) bond motifs is 12. The number of nitrogens with one attached hydrogen (secondary N) is 3. The van der Waals surface area contributed by atoms with E-state index in [9.17, 15) is 40.9 Å². The standard InChI is InChI=1S/C21H27ClN4O2.C21H28N4O3.C20H27N5O3.CH4/c1-10-4-15-16(20(24-10)25-14-6-11-2-3-12(14)5-11)23-9-26(15)17-13-7-21(13,8-22)19(28)18(17)27;1-10-4-15-16(20(23-10)24-14-6-11-2-3-12(14)5-11)22-9-25(15)17-13-7-21(13,8-26)19(28)18(17)27;1-9-22-18(24-13-5-10-2-3-11(13)4-10)14-19(23-9)25(8-21-14)15-12-6-20(12,7-26)17(28)16(15)27;/h4,9,11-14,17-19,27-28H,2-3,5-8H2,1H3,(H,24,25);4,9,11-14,17-19,26-28H,2-3,5-8H2,1H3,(H,23,24);8,10-13,15-17,26-28H,2-7H2,1H3,(H,22,23,24);1H4/t2*11?,12?,13?,14?,17-,18+,19?,21+;10?,11?,12?,13?,15-,16+,17?,20+;/m111./s1. The van der Waals surface area contributed by atoms with Gasteiger partial charge in [-0.3, -0.25) is 0 Å². The molecule has 21 nitrogen and oxygen atoms in total. The quantitative estimate of drug-likeness (QED) is 0.0615. The van der Waals surface area contributed by atoms with Crippen LogP contribution in [-0.2, 0) is 0 Å². The Morgan fingerprint density at radius 2 is 0.871 bits per heavy atom. The highest BCUT2D eigenvalue weighted by Gasteiger charge is 2.73. The number of pyridine rings is 2. The summed E-state index contributed by atoms with van der Waals surface area (Å²) in [6, 6.07) is 4.70. The molecule has 0 spiro atoms. The Bertz CT molecular complexity index is 3200. The average Bonchev–Trinajstić information content (AvgIpc) is 1.58. The number of hydrogen-bond donors (Lipinski definition) is 11. The summed E-state index contributed by atoms with van der Waals surface area (Å²) in [6.07, 6.45) is 18.0. The van der Waals surface area contributed by atoms with Gasteiger partial charge in [-0.15, -0.1) is 11.6 Å². The molecule has 12 aliphatic carbocycles. The molecule has 6 aromatic rings. The smallest absolute Gasteiger partial charge is 0.166 e. The lowest BCUT2D eigenvalue weighted by Crippen LogP contribution is -2.35. The minimum Gasteiger partial charge on any atom is -0.396 e. The highest BCUT2D eigenvalue weighted by atomic mass is 35.5. The molecule has 18 rings (SSSR count). The zero-order valence-electron chi connectivity index (χ0n) is 48.2. The van der Waals surface area contributed by atoms with E-state index in [-0.39, 0.29) is 61.9 Å². The molecule has 12 saturated carbocycles. The number of nitrogens with zero attached hydrogens (tertiary/aromatic N) is 10. The van der Waals surface area contributed by atoms with Crippen molar-refractivity contribution in [3.05, 3.63) is 48.3 Å². The molecular formula is C63H86ClN13O8. The predicted molar refractivity (Wildman–Crippen MR) is 320 cm³/mol. The van der Waals surface area contributed by atoms with E-state index >= 15 is 0 Å². The van der Waals surface area contributed by atoms with E-state index in [1.54, 1.807) is 19.0 Å². The summed E-state index contributed by atoms with van der Waals surface area (Å²) < 4.78 is 5.94. The second-order valence-corrected chi connectivity index (χ2v) is 29.1. The fraction of sp³-hybridized carbons (Fsp3) is 0.730. The summed E-state index contributed by atoms with van der Waals surface area (Å²) in [4.78, 5) is 32.7. The minimum absolute atomic E-state index is 0. The summed E-state index contributed by atoms with van der Waals surface area (Å²) in [5.74, 6) is 8.63. The van der Waals surface area contributed by atoms with E-state index in [0.717, 1.165) is 105 Å². The molecule has 12 fully saturated rings. The first-order chi connectivity index (χ1) is 40.5. The Balaban J connectivity index is 0.000000107.